The number of aryl methyl sites for hydroxylation is 1. The number of hydrogen-bond donors (Lipinski definition) is 2. The molecule has 2 unspecified atom stereocenters. The van der Waals surface area contributed by atoms with Gasteiger partial charge in [-0.2, -0.15) is 5.26 Å². The number of aromatic nitrogens is 1. The van der Waals surface area contributed by atoms with Gasteiger partial charge in [0.05, 0.1) is 16.7 Å². The Labute approximate surface area is 122 Å². The summed E-state index contributed by atoms with van der Waals surface area (Å²) >= 11 is 0. The summed E-state index contributed by atoms with van der Waals surface area (Å²) in [6, 6.07) is 4.61. The Bertz CT molecular complexity index is 636. The molecule has 1 fully saturated rings. The van der Waals surface area contributed by atoms with Crippen LogP contribution in [0, 0.1) is 23.7 Å². The third kappa shape index (κ3) is 2.72. The summed E-state index contributed by atoms with van der Waals surface area (Å²) in [6.45, 7) is 3.32. The van der Waals surface area contributed by atoms with Crippen LogP contribution < -0.4 is 5.32 Å². The molecular formula is C15H17N3O3. The van der Waals surface area contributed by atoms with E-state index in [4.69, 9.17) is 5.26 Å². The molecule has 1 heterocycles. The highest BCUT2D eigenvalue weighted by molar-refractivity contribution is 5.93. The van der Waals surface area contributed by atoms with Crippen molar-refractivity contribution in [3.63, 3.8) is 0 Å². The molecule has 1 aromatic heterocycles. The molecule has 6 heteroatoms. The van der Waals surface area contributed by atoms with E-state index >= 15 is 0 Å². The van der Waals surface area contributed by atoms with E-state index in [1.165, 1.54) is 6.07 Å². The lowest BCUT2D eigenvalue weighted by molar-refractivity contribution is -0.148. The van der Waals surface area contributed by atoms with Gasteiger partial charge in [-0.25, -0.2) is 4.98 Å². The average Bonchev–Trinajstić information content (AvgIpc) is 2.81. The smallest absolute Gasteiger partial charge is 0.311 e. The molecule has 2 rings (SSSR count). The van der Waals surface area contributed by atoms with Crippen LogP contribution in [0.1, 0.15) is 47.9 Å². The zero-order valence-electron chi connectivity index (χ0n) is 12.0. The van der Waals surface area contributed by atoms with Crippen molar-refractivity contribution in [2.45, 2.75) is 39.2 Å². The lowest BCUT2D eigenvalue weighted by Gasteiger charge is -2.27. The molecule has 2 atom stereocenters. The van der Waals surface area contributed by atoms with E-state index in [1.54, 1.807) is 19.9 Å². The fraction of sp³-hybridized carbons (Fsp3) is 0.467. The zero-order valence-corrected chi connectivity index (χ0v) is 12.0. The molecule has 1 aromatic rings. The molecule has 0 saturated heterocycles. The molecule has 1 aliphatic rings. The Balaban J connectivity index is 2.17. The first-order chi connectivity index (χ1) is 9.88. The van der Waals surface area contributed by atoms with Gasteiger partial charge in [0.15, 0.2) is 0 Å². The second-order valence-corrected chi connectivity index (χ2v) is 5.58. The van der Waals surface area contributed by atoms with Crippen molar-refractivity contribution in [3.05, 3.63) is 29.1 Å². The van der Waals surface area contributed by atoms with E-state index in [-0.39, 0.29) is 5.69 Å². The molecule has 0 bridgehead atoms. The van der Waals surface area contributed by atoms with Crippen LogP contribution in [0.5, 0.6) is 0 Å². The number of hydrogen-bond acceptors (Lipinski definition) is 4. The minimum absolute atomic E-state index is 0.200. The maximum absolute atomic E-state index is 12.2. The van der Waals surface area contributed by atoms with Crippen LogP contribution >= 0.6 is 0 Å². The first-order valence-electron chi connectivity index (χ1n) is 6.80. The quantitative estimate of drug-likeness (QED) is 0.879. The summed E-state index contributed by atoms with van der Waals surface area (Å²) in [5.74, 6) is -1.30. The standard InChI is InChI=1S/C15H17N3O3/c1-9-10(8-16)5-6-11(17-9)13(19)18-12-4-3-7-15(12,2)14(20)21/h5-6,12H,3-4,7H2,1-2H3,(H,18,19)(H,20,21). The Kier molecular flexibility index (Phi) is 3.94. The van der Waals surface area contributed by atoms with Crippen LogP contribution in [0.4, 0.5) is 0 Å². The van der Waals surface area contributed by atoms with Crippen molar-refractivity contribution in [2.24, 2.45) is 5.41 Å². The molecule has 2 N–H and O–H groups in total. The minimum atomic E-state index is -0.933. The minimum Gasteiger partial charge on any atom is -0.481 e. The third-order valence-corrected chi connectivity index (χ3v) is 4.19. The van der Waals surface area contributed by atoms with Crippen LogP contribution in [-0.4, -0.2) is 28.0 Å². The molecule has 110 valence electrons. The van der Waals surface area contributed by atoms with E-state index in [9.17, 15) is 14.7 Å². The van der Waals surface area contributed by atoms with Gasteiger partial charge in [0.25, 0.3) is 5.91 Å². The molecule has 0 spiro atoms. The molecule has 21 heavy (non-hydrogen) atoms. The third-order valence-electron chi connectivity index (χ3n) is 4.19. The number of rotatable bonds is 3. The molecule has 1 aliphatic carbocycles. The van der Waals surface area contributed by atoms with Gasteiger partial charge in [-0.3, -0.25) is 9.59 Å². The Morgan fingerprint density at radius 3 is 2.81 bits per heavy atom. The number of carboxylic acid groups (broad SMARTS) is 1. The van der Waals surface area contributed by atoms with Crippen LogP contribution in [0.15, 0.2) is 12.1 Å². The number of nitrogens with zero attached hydrogens (tertiary/aromatic N) is 2. The highest BCUT2D eigenvalue weighted by atomic mass is 16.4. The van der Waals surface area contributed by atoms with Crippen LogP contribution in [0.25, 0.3) is 0 Å². The Morgan fingerprint density at radius 2 is 2.24 bits per heavy atom. The lowest BCUT2D eigenvalue weighted by atomic mass is 9.85. The highest BCUT2D eigenvalue weighted by Crippen LogP contribution is 2.38. The predicted molar refractivity (Wildman–Crippen MR) is 74.5 cm³/mol. The van der Waals surface area contributed by atoms with E-state index < -0.39 is 23.3 Å². The Morgan fingerprint density at radius 1 is 1.52 bits per heavy atom. The van der Waals surface area contributed by atoms with Gasteiger partial charge in [-0.1, -0.05) is 6.42 Å². The molecular weight excluding hydrogens is 270 g/mol. The molecule has 0 radical (unpaired) electrons. The lowest BCUT2D eigenvalue weighted by Crippen LogP contribution is -2.47. The van der Waals surface area contributed by atoms with Crippen LogP contribution in [0.2, 0.25) is 0 Å². The fourth-order valence-electron chi connectivity index (χ4n) is 2.69. The van der Waals surface area contributed by atoms with Crippen LogP contribution in [0.3, 0.4) is 0 Å². The van der Waals surface area contributed by atoms with Crippen molar-refractivity contribution in [3.8, 4) is 6.07 Å². The second kappa shape index (κ2) is 5.52. The summed E-state index contributed by atoms with van der Waals surface area (Å²) < 4.78 is 0. The van der Waals surface area contributed by atoms with Gasteiger partial charge in [0.2, 0.25) is 0 Å². The molecule has 1 amide bonds. The van der Waals surface area contributed by atoms with Crippen molar-refractivity contribution < 1.29 is 14.7 Å². The van der Waals surface area contributed by atoms with Gasteiger partial charge >= 0.3 is 5.97 Å². The number of pyridine rings is 1. The van der Waals surface area contributed by atoms with Gasteiger partial charge in [0, 0.05) is 6.04 Å². The molecule has 1 saturated carbocycles. The molecule has 0 aromatic carbocycles. The van der Waals surface area contributed by atoms with Crippen molar-refractivity contribution in [2.75, 3.05) is 0 Å². The number of nitriles is 1. The number of carbonyl (C=O) groups is 2. The maximum Gasteiger partial charge on any atom is 0.311 e. The predicted octanol–water partition coefficient (Wildman–Crippen LogP) is 1.63. The first-order valence-corrected chi connectivity index (χ1v) is 6.80. The van der Waals surface area contributed by atoms with Gasteiger partial charge in [-0.15, -0.1) is 0 Å². The van der Waals surface area contributed by atoms with Gasteiger partial charge in [-0.05, 0) is 38.8 Å². The van der Waals surface area contributed by atoms with E-state index in [0.717, 1.165) is 6.42 Å². The number of aliphatic carboxylic acids is 1. The van der Waals surface area contributed by atoms with Crippen LogP contribution in [-0.2, 0) is 4.79 Å². The summed E-state index contributed by atoms with van der Waals surface area (Å²) in [4.78, 5) is 27.7. The monoisotopic (exact) mass is 287 g/mol. The zero-order chi connectivity index (χ0) is 15.6. The van der Waals surface area contributed by atoms with E-state index in [0.29, 0.717) is 24.1 Å². The average molecular weight is 287 g/mol. The SMILES string of the molecule is Cc1nc(C(=O)NC2CCCC2(C)C(=O)O)ccc1C#N. The fourth-order valence-corrected chi connectivity index (χ4v) is 2.69. The summed E-state index contributed by atoms with van der Waals surface area (Å²) in [6.07, 6.45) is 1.96. The number of nitrogens with one attached hydrogen (secondary N) is 1. The summed E-state index contributed by atoms with van der Waals surface area (Å²) in [5, 5.41) is 21.0. The Hall–Kier alpha value is -2.42. The molecule has 0 aliphatic heterocycles. The topological polar surface area (TPSA) is 103 Å². The number of carboxylic acids is 1. The number of amides is 1. The van der Waals surface area contributed by atoms with Gasteiger partial charge in [0.1, 0.15) is 11.8 Å². The largest absolute Gasteiger partial charge is 0.481 e. The second-order valence-electron chi connectivity index (χ2n) is 5.58. The van der Waals surface area contributed by atoms with E-state index in [1.807, 2.05) is 6.07 Å². The van der Waals surface area contributed by atoms with Crippen molar-refractivity contribution >= 4 is 11.9 Å². The summed E-state index contributed by atoms with van der Waals surface area (Å²) in [5.41, 5.74) is 0.170. The molecule has 6 nitrogen and oxygen atoms in total. The first kappa shape index (κ1) is 15.0. The summed E-state index contributed by atoms with van der Waals surface area (Å²) in [7, 11) is 0. The maximum atomic E-state index is 12.2. The van der Waals surface area contributed by atoms with Crippen molar-refractivity contribution in [1.82, 2.24) is 10.3 Å². The van der Waals surface area contributed by atoms with Crippen molar-refractivity contribution in [1.29, 1.82) is 5.26 Å². The van der Waals surface area contributed by atoms with Gasteiger partial charge < -0.3 is 10.4 Å². The highest BCUT2D eigenvalue weighted by Gasteiger charge is 2.46. The van der Waals surface area contributed by atoms with E-state index in [2.05, 4.69) is 10.3 Å². The normalized spacial score (nSPS) is 24.3. The number of carbonyl (C=O) groups excluding carboxylic acids is 1.